The van der Waals surface area contributed by atoms with Gasteiger partial charge in [-0.05, 0) is 40.8 Å². The fraction of sp³-hybridized carbons (Fsp3) is 0.350. The van der Waals surface area contributed by atoms with Crippen LogP contribution in [-0.2, 0) is 16.8 Å². The van der Waals surface area contributed by atoms with Crippen LogP contribution in [0.5, 0.6) is 11.5 Å². The van der Waals surface area contributed by atoms with Crippen molar-refractivity contribution in [2.24, 2.45) is 0 Å². The van der Waals surface area contributed by atoms with E-state index < -0.39 is 0 Å². The van der Waals surface area contributed by atoms with E-state index in [1.807, 2.05) is 48.5 Å². The third-order valence-corrected chi connectivity index (χ3v) is 3.71. The van der Waals surface area contributed by atoms with Gasteiger partial charge in [0.25, 0.3) is 5.91 Å². The van der Waals surface area contributed by atoms with Gasteiger partial charge >= 0.3 is 0 Å². The second-order valence-corrected chi connectivity index (χ2v) is 6.69. The second-order valence-electron chi connectivity index (χ2n) is 6.69. The van der Waals surface area contributed by atoms with Gasteiger partial charge in [0, 0.05) is 6.54 Å². The molecule has 0 spiro atoms. The van der Waals surface area contributed by atoms with E-state index in [1.165, 1.54) is 5.56 Å². The standard InChI is InChI=1S/C20H25NO3/c1-20(2,3)16-8-10-17(11-9-16)24-14-19(22)21-13-15-6-5-7-18(12-15)23-4/h5-12H,13-14H2,1-4H3,(H,21,22). The Bertz CT molecular complexity index is 672. The lowest BCUT2D eigenvalue weighted by Crippen LogP contribution is -2.28. The monoisotopic (exact) mass is 327 g/mol. The van der Waals surface area contributed by atoms with Crippen LogP contribution in [0.15, 0.2) is 48.5 Å². The summed E-state index contributed by atoms with van der Waals surface area (Å²) in [6, 6.07) is 15.5. The van der Waals surface area contributed by atoms with Crippen molar-refractivity contribution >= 4 is 5.91 Å². The van der Waals surface area contributed by atoms with Gasteiger partial charge in [0.05, 0.1) is 7.11 Å². The number of hydrogen-bond acceptors (Lipinski definition) is 3. The van der Waals surface area contributed by atoms with Gasteiger partial charge in [-0.25, -0.2) is 0 Å². The number of methoxy groups -OCH3 is 1. The zero-order valence-electron chi connectivity index (χ0n) is 14.8. The van der Waals surface area contributed by atoms with Crippen molar-refractivity contribution in [3.63, 3.8) is 0 Å². The normalized spacial score (nSPS) is 11.0. The van der Waals surface area contributed by atoms with Crippen LogP contribution >= 0.6 is 0 Å². The van der Waals surface area contributed by atoms with Gasteiger partial charge in [0.1, 0.15) is 11.5 Å². The molecular formula is C20H25NO3. The molecule has 0 heterocycles. The molecule has 0 aliphatic carbocycles. The van der Waals surface area contributed by atoms with Crippen LogP contribution in [0.1, 0.15) is 31.9 Å². The molecule has 4 nitrogen and oxygen atoms in total. The van der Waals surface area contributed by atoms with Crippen molar-refractivity contribution in [3.8, 4) is 11.5 Å². The van der Waals surface area contributed by atoms with Crippen LogP contribution in [0.2, 0.25) is 0 Å². The summed E-state index contributed by atoms with van der Waals surface area (Å²) in [5.41, 5.74) is 2.32. The number of amides is 1. The summed E-state index contributed by atoms with van der Waals surface area (Å²) in [7, 11) is 1.62. The highest BCUT2D eigenvalue weighted by Crippen LogP contribution is 2.24. The maximum absolute atomic E-state index is 11.9. The van der Waals surface area contributed by atoms with Crippen LogP contribution in [0, 0.1) is 0 Å². The minimum absolute atomic E-state index is 0.00116. The zero-order chi connectivity index (χ0) is 17.6. The average Bonchev–Trinajstić information content (AvgIpc) is 2.58. The van der Waals surface area contributed by atoms with E-state index in [2.05, 4.69) is 26.1 Å². The maximum Gasteiger partial charge on any atom is 0.258 e. The lowest BCUT2D eigenvalue weighted by atomic mass is 9.87. The number of nitrogens with one attached hydrogen (secondary N) is 1. The van der Waals surface area contributed by atoms with Crippen molar-refractivity contribution < 1.29 is 14.3 Å². The summed E-state index contributed by atoms with van der Waals surface area (Å²) in [5.74, 6) is 1.31. The van der Waals surface area contributed by atoms with Gasteiger partial charge in [-0.15, -0.1) is 0 Å². The molecule has 1 N–H and O–H groups in total. The molecule has 0 saturated heterocycles. The first-order valence-electron chi connectivity index (χ1n) is 8.01. The lowest BCUT2D eigenvalue weighted by molar-refractivity contribution is -0.123. The molecule has 0 unspecified atom stereocenters. The molecule has 0 radical (unpaired) electrons. The first-order valence-corrected chi connectivity index (χ1v) is 8.01. The fourth-order valence-corrected chi connectivity index (χ4v) is 2.23. The smallest absolute Gasteiger partial charge is 0.258 e. The van der Waals surface area contributed by atoms with E-state index >= 15 is 0 Å². The van der Waals surface area contributed by atoms with Gasteiger partial charge < -0.3 is 14.8 Å². The second kappa shape index (κ2) is 7.86. The van der Waals surface area contributed by atoms with Crippen molar-refractivity contribution in [1.82, 2.24) is 5.32 Å². The molecule has 24 heavy (non-hydrogen) atoms. The average molecular weight is 327 g/mol. The topological polar surface area (TPSA) is 47.6 Å². The molecule has 0 bridgehead atoms. The van der Waals surface area contributed by atoms with E-state index in [4.69, 9.17) is 9.47 Å². The first kappa shape index (κ1) is 17.9. The summed E-state index contributed by atoms with van der Waals surface area (Å²) in [5, 5.41) is 2.84. The Morgan fingerprint density at radius 1 is 1.04 bits per heavy atom. The Morgan fingerprint density at radius 2 is 1.75 bits per heavy atom. The molecule has 0 saturated carbocycles. The molecule has 0 atom stereocenters. The molecule has 128 valence electrons. The summed E-state index contributed by atoms with van der Waals surface area (Å²) < 4.78 is 10.7. The predicted octanol–water partition coefficient (Wildman–Crippen LogP) is 3.69. The molecule has 1 amide bonds. The van der Waals surface area contributed by atoms with Crippen molar-refractivity contribution in [2.45, 2.75) is 32.7 Å². The van der Waals surface area contributed by atoms with Crippen LogP contribution in [0.4, 0.5) is 0 Å². The highest BCUT2D eigenvalue weighted by molar-refractivity contribution is 5.77. The fourth-order valence-electron chi connectivity index (χ4n) is 2.23. The summed E-state index contributed by atoms with van der Waals surface area (Å²) in [6.07, 6.45) is 0. The van der Waals surface area contributed by atoms with Gasteiger partial charge in [-0.2, -0.15) is 0 Å². The Morgan fingerprint density at radius 3 is 2.38 bits per heavy atom. The molecule has 2 aromatic carbocycles. The van der Waals surface area contributed by atoms with E-state index in [1.54, 1.807) is 7.11 Å². The van der Waals surface area contributed by atoms with E-state index in [0.717, 1.165) is 11.3 Å². The number of benzene rings is 2. The van der Waals surface area contributed by atoms with E-state index in [-0.39, 0.29) is 17.9 Å². The van der Waals surface area contributed by atoms with Crippen LogP contribution < -0.4 is 14.8 Å². The number of rotatable bonds is 6. The molecular weight excluding hydrogens is 302 g/mol. The third-order valence-electron chi connectivity index (χ3n) is 3.71. The van der Waals surface area contributed by atoms with E-state index in [9.17, 15) is 4.79 Å². The molecule has 0 aromatic heterocycles. The number of hydrogen-bond donors (Lipinski definition) is 1. The predicted molar refractivity (Wildman–Crippen MR) is 95.5 cm³/mol. The van der Waals surface area contributed by atoms with Gasteiger partial charge in [0.15, 0.2) is 6.61 Å². The zero-order valence-corrected chi connectivity index (χ0v) is 14.8. The molecule has 0 fully saturated rings. The highest BCUT2D eigenvalue weighted by Gasteiger charge is 2.13. The van der Waals surface area contributed by atoms with Crippen LogP contribution in [0.3, 0.4) is 0 Å². The number of carbonyl (C=O) groups excluding carboxylic acids is 1. The van der Waals surface area contributed by atoms with Crippen molar-refractivity contribution in [1.29, 1.82) is 0 Å². The highest BCUT2D eigenvalue weighted by atomic mass is 16.5. The molecule has 2 rings (SSSR count). The number of carbonyl (C=O) groups is 1. The van der Waals surface area contributed by atoms with E-state index in [0.29, 0.717) is 12.3 Å². The largest absolute Gasteiger partial charge is 0.497 e. The van der Waals surface area contributed by atoms with Gasteiger partial charge in [0.2, 0.25) is 0 Å². The summed E-state index contributed by atoms with van der Waals surface area (Å²) in [4.78, 5) is 11.9. The Balaban J connectivity index is 1.80. The van der Waals surface area contributed by atoms with Crippen LogP contribution in [0.25, 0.3) is 0 Å². The summed E-state index contributed by atoms with van der Waals surface area (Å²) in [6.45, 7) is 6.93. The van der Waals surface area contributed by atoms with Crippen LogP contribution in [-0.4, -0.2) is 19.6 Å². The minimum Gasteiger partial charge on any atom is -0.497 e. The Kier molecular flexibility index (Phi) is 5.85. The molecule has 0 aliphatic rings. The Hall–Kier alpha value is -2.49. The van der Waals surface area contributed by atoms with Gasteiger partial charge in [-0.1, -0.05) is 45.0 Å². The quantitative estimate of drug-likeness (QED) is 0.880. The first-order chi connectivity index (χ1) is 11.4. The van der Waals surface area contributed by atoms with Gasteiger partial charge in [-0.3, -0.25) is 4.79 Å². The molecule has 0 aliphatic heterocycles. The Labute approximate surface area is 143 Å². The number of ether oxygens (including phenoxy) is 2. The lowest BCUT2D eigenvalue weighted by Gasteiger charge is -2.19. The minimum atomic E-state index is -0.155. The molecule has 2 aromatic rings. The molecule has 4 heteroatoms. The summed E-state index contributed by atoms with van der Waals surface area (Å²) >= 11 is 0. The van der Waals surface area contributed by atoms with Crippen molar-refractivity contribution in [3.05, 3.63) is 59.7 Å². The van der Waals surface area contributed by atoms with Crippen molar-refractivity contribution in [2.75, 3.05) is 13.7 Å². The SMILES string of the molecule is COc1cccc(CNC(=O)COc2ccc(C(C)(C)C)cc2)c1. The third kappa shape index (κ3) is 5.30. The maximum atomic E-state index is 11.9.